The van der Waals surface area contributed by atoms with Crippen LogP contribution in [0.5, 0.6) is 0 Å². The Bertz CT molecular complexity index is 829. The zero-order valence-electron chi connectivity index (χ0n) is 15.4. The molecule has 1 aromatic rings. The number of carboxylic acid groups (broad SMARTS) is 1. The molecule has 3 aliphatic rings. The molecule has 2 fully saturated rings. The van der Waals surface area contributed by atoms with Crippen LogP contribution < -0.4 is 10.6 Å². The Morgan fingerprint density at radius 3 is 2.75 bits per heavy atom. The topological polar surface area (TPSA) is 107 Å². The first kappa shape index (κ1) is 19.5. The number of anilines is 2. The largest absolute Gasteiger partial charge is 0.477 e. The van der Waals surface area contributed by atoms with Crippen molar-refractivity contribution in [2.45, 2.75) is 36.5 Å². The third-order valence-electron chi connectivity index (χ3n) is 5.46. The lowest BCUT2D eigenvalue weighted by molar-refractivity contribution is -0.157. The number of fused-ring (bicyclic) bond motifs is 1. The Labute approximate surface area is 171 Å². The summed E-state index contributed by atoms with van der Waals surface area (Å²) in [6.45, 7) is 3.53. The van der Waals surface area contributed by atoms with Gasteiger partial charge < -0.3 is 20.8 Å². The van der Waals surface area contributed by atoms with Crippen molar-refractivity contribution in [3.8, 4) is 0 Å². The number of amides is 1. The summed E-state index contributed by atoms with van der Waals surface area (Å²) < 4.78 is 0.681. The quantitative estimate of drug-likeness (QED) is 0.474. The van der Waals surface area contributed by atoms with Gasteiger partial charge in [-0.2, -0.15) is 0 Å². The van der Waals surface area contributed by atoms with E-state index in [0.29, 0.717) is 10.7 Å². The SMILES string of the molecule is CC[C@H](O)[C@@H]1C(=O)N2C(C(=O)O)=C(SC3CCN(c4ccc(N)cc4)C3)S[C@H]12. The summed E-state index contributed by atoms with van der Waals surface area (Å²) in [6, 6.07) is 7.75. The summed E-state index contributed by atoms with van der Waals surface area (Å²) in [6.07, 6.45) is 0.685. The zero-order chi connectivity index (χ0) is 20.0. The maximum atomic E-state index is 12.4. The highest BCUT2D eigenvalue weighted by Crippen LogP contribution is 2.55. The van der Waals surface area contributed by atoms with Gasteiger partial charge in [0.25, 0.3) is 0 Å². The molecule has 9 heteroatoms. The van der Waals surface area contributed by atoms with Gasteiger partial charge >= 0.3 is 5.97 Å². The van der Waals surface area contributed by atoms with Crippen LogP contribution in [0.4, 0.5) is 11.4 Å². The Morgan fingerprint density at radius 2 is 2.11 bits per heavy atom. The van der Waals surface area contributed by atoms with Crippen LogP contribution in [0.15, 0.2) is 34.2 Å². The van der Waals surface area contributed by atoms with Gasteiger partial charge in [-0.25, -0.2) is 4.79 Å². The van der Waals surface area contributed by atoms with E-state index in [4.69, 9.17) is 5.73 Å². The van der Waals surface area contributed by atoms with Crippen LogP contribution >= 0.6 is 23.5 Å². The number of nitrogens with zero attached hydrogens (tertiary/aromatic N) is 2. The first-order valence-electron chi connectivity index (χ1n) is 9.33. The molecule has 3 aliphatic heterocycles. The first-order valence-corrected chi connectivity index (χ1v) is 11.1. The van der Waals surface area contributed by atoms with Gasteiger partial charge in [-0.15, -0.1) is 11.8 Å². The van der Waals surface area contributed by atoms with Crippen molar-refractivity contribution in [3.63, 3.8) is 0 Å². The van der Waals surface area contributed by atoms with E-state index >= 15 is 0 Å². The number of carbonyl (C=O) groups excluding carboxylic acids is 1. The minimum atomic E-state index is -1.08. The molecule has 0 aromatic heterocycles. The number of carbonyl (C=O) groups is 2. The van der Waals surface area contributed by atoms with E-state index in [2.05, 4.69) is 4.90 Å². The molecule has 4 atom stereocenters. The van der Waals surface area contributed by atoms with E-state index in [1.807, 2.05) is 31.2 Å². The summed E-state index contributed by atoms with van der Waals surface area (Å²) in [7, 11) is 0. The molecule has 1 unspecified atom stereocenters. The van der Waals surface area contributed by atoms with Crippen LogP contribution in [0.1, 0.15) is 19.8 Å². The van der Waals surface area contributed by atoms with Gasteiger partial charge in [-0.05, 0) is 37.1 Å². The average molecular weight is 422 g/mol. The first-order chi connectivity index (χ1) is 13.4. The Morgan fingerprint density at radius 1 is 1.39 bits per heavy atom. The van der Waals surface area contributed by atoms with Gasteiger partial charge in [0.05, 0.1) is 16.3 Å². The van der Waals surface area contributed by atoms with Crippen LogP contribution in [0, 0.1) is 5.92 Å². The lowest BCUT2D eigenvalue weighted by Crippen LogP contribution is -2.61. The number of hydrogen-bond donors (Lipinski definition) is 3. The number of aliphatic carboxylic acids is 1. The van der Waals surface area contributed by atoms with Crippen molar-refractivity contribution in [2.24, 2.45) is 5.92 Å². The lowest BCUT2D eigenvalue weighted by atomic mass is 9.90. The molecule has 2 saturated heterocycles. The summed E-state index contributed by atoms with van der Waals surface area (Å²) in [5.41, 5.74) is 7.67. The molecule has 0 radical (unpaired) electrons. The van der Waals surface area contributed by atoms with Crippen LogP contribution in [-0.2, 0) is 9.59 Å². The second-order valence-corrected chi connectivity index (χ2v) is 9.92. The number of nitrogen functional groups attached to an aromatic ring is 1. The third-order valence-corrected chi connectivity index (χ3v) is 8.31. The molecule has 4 rings (SSSR count). The fourth-order valence-electron chi connectivity index (χ4n) is 3.89. The molecule has 0 saturated carbocycles. The second kappa shape index (κ2) is 7.53. The highest BCUT2D eigenvalue weighted by Gasteiger charge is 2.58. The fraction of sp³-hybridized carbons (Fsp3) is 0.474. The molecular formula is C19H23N3O4S2. The van der Waals surface area contributed by atoms with Crippen molar-refractivity contribution >= 4 is 46.8 Å². The van der Waals surface area contributed by atoms with Crippen molar-refractivity contribution in [2.75, 3.05) is 23.7 Å². The number of thioether (sulfide) groups is 2. The average Bonchev–Trinajstić information content (AvgIpc) is 3.25. The number of carboxylic acids is 1. The Kier molecular flexibility index (Phi) is 5.24. The van der Waals surface area contributed by atoms with Gasteiger partial charge in [0, 0.05) is 29.7 Å². The highest BCUT2D eigenvalue weighted by molar-refractivity contribution is 8.23. The van der Waals surface area contributed by atoms with Crippen LogP contribution in [0.25, 0.3) is 0 Å². The summed E-state index contributed by atoms with van der Waals surface area (Å²) in [5.74, 6) is -1.88. The number of aliphatic hydroxyl groups excluding tert-OH is 1. The van der Waals surface area contributed by atoms with Gasteiger partial charge in [0.1, 0.15) is 5.37 Å². The molecule has 4 N–H and O–H groups in total. The number of β-lactam (4-membered cyclic amide) rings is 1. The van der Waals surface area contributed by atoms with E-state index in [1.54, 1.807) is 11.8 Å². The number of nitrogens with two attached hydrogens (primary N) is 1. The van der Waals surface area contributed by atoms with Gasteiger partial charge in [-0.3, -0.25) is 9.69 Å². The smallest absolute Gasteiger partial charge is 0.354 e. The van der Waals surface area contributed by atoms with E-state index in [-0.39, 0.29) is 22.2 Å². The maximum Gasteiger partial charge on any atom is 0.354 e. The van der Waals surface area contributed by atoms with Gasteiger partial charge in [0.15, 0.2) is 5.70 Å². The van der Waals surface area contributed by atoms with E-state index < -0.39 is 18.0 Å². The van der Waals surface area contributed by atoms with Crippen molar-refractivity contribution in [3.05, 3.63) is 34.2 Å². The van der Waals surface area contributed by atoms with Gasteiger partial charge in [-0.1, -0.05) is 18.7 Å². The van der Waals surface area contributed by atoms with Gasteiger partial charge in [0.2, 0.25) is 5.91 Å². The minimum Gasteiger partial charge on any atom is -0.477 e. The van der Waals surface area contributed by atoms with Crippen molar-refractivity contribution in [1.82, 2.24) is 4.90 Å². The molecule has 28 heavy (non-hydrogen) atoms. The zero-order valence-corrected chi connectivity index (χ0v) is 17.1. The molecule has 0 spiro atoms. The molecule has 0 aliphatic carbocycles. The molecule has 0 bridgehead atoms. The van der Waals surface area contributed by atoms with Crippen molar-refractivity contribution in [1.29, 1.82) is 0 Å². The summed E-state index contributed by atoms with van der Waals surface area (Å²) in [5, 5.41) is 19.7. The highest BCUT2D eigenvalue weighted by atomic mass is 32.2. The molecule has 1 aromatic carbocycles. The molecule has 3 heterocycles. The maximum absolute atomic E-state index is 12.4. The second-order valence-electron chi connectivity index (χ2n) is 7.23. The lowest BCUT2D eigenvalue weighted by Gasteiger charge is -2.44. The van der Waals surface area contributed by atoms with E-state index in [0.717, 1.165) is 30.9 Å². The third kappa shape index (κ3) is 3.25. The normalized spacial score (nSPS) is 27.8. The van der Waals surface area contributed by atoms with Crippen LogP contribution in [0.3, 0.4) is 0 Å². The monoisotopic (exact) mass is 421 g/mol. The standard InChI is InChI=1S/C19H23N3O4S2/c1-2-13(23)14-16(24)22-15(18(25)26)19(28-17(14)22)27-12-7-8-21(9-12)11-5-3-10(20)4-6-11/h3-6,12-14,17,23H,2,7-9,20H2,1H3,(H,25,26)/t12?,13-,14+,17+/m0/s1. The molecular weight excluding hydrogens is 398 g/mol. The number of aliphatic hydroxyl groups is 1. The Hall–Kier alpha value is -1.84. The van der Waals surface area contributed by atoms with E-state index in [9.17, 15) is 19.8 Å². The number of hydrogen-bond acceptors (Lipinski definition) is 7. The Balaban J connectivity index is 1.46. The summed E-state index contributed by atoms with van der Waals surface area (Å²) in [4.78, 5) is 27.9. The van der Waals surface area contributed by atoms with Crippen LogP contribution in [-0.4, -0.2) is 56.8 Å². The summed E-state index contributed by atoms with van der Waals surface area (Å²) >= 11 is 2.95. The minimum absolute atomic E-state index is 0.0792. The number of benzene rings is 1. The molecule has 7 nitrogen and oxygen atoms in total. The van der Waals surface area contributed by atoms with Crippen molar-refractivity contribution < 1.29 is 19.8 Å². The fourth-order valence-corrected chi connectivity index (χ4v) is 7.17. The molecule has 150 valence electrons. The predicted octanol–water partition coefficient (Wildman–Crippen LogP) is 2.14. The predicted molar refractivity (Wildman–Crippen MR) is 112 cm³/mol. The molecule has 1 amide bonds. The van der Waals surface area contributed by atoms with Crippen LogP contribution in [0.2, 0.25) is 0 Å². The van der Waals surface area contributed by atoms with E-state index in [1.165, 1.54) is 16.7 Å². The number of rotatable bonds is 6.